The lowest BCUT2D eigenvalue weighted by Crippen LogP contribution is -1.98. The van der Waals surface area contributed by atoms with Crippen molar-refractivity contribution in [1.29, 1.82) is 0 Å². The van der Waals surface area contributed by atoms with Crippen LogP contribution in [0.5, 0.6) is 11.5 Å². The van der Waals surface area contributed by atoms with Crippen molar-refractivity contribution in [2.45, 2.75) is 6.61 Å². The number of hydrogen-bond donors (Lipinski definition) is 0. The van der Waals surface area contributed by atoms with Gasteiger partial charge in [0.25, 0.3) is 5.69 Å². The quantitative estimate of drug-likeness (QED) is 0.598. The van der Waals surface area contributed by atoms with Crippen molar-refractivity contribution in [1.82, 2.24) is 0 Å². The second kappa shape index (κ2) is 6.53. The zero-order valence-electron chi connectivity index (χ0n) is 11.0. The van der Waals surface area contributed by atoms with Gasteiger partial charge in [-0.25, -0.2) is 4.39 Å². The van der Waals surface area contributed by atoms with Gasteiger partial charge in [0.1, 0.15) is 12.4 Å². The van der Waals surface area contributed by atoms with Crippen molar-refractivity contribution in [3.05, 3.63) is 62.4 Å². The summed E-state index contributed by atoms with van der Waals surface area (Å²) in [5.41, 5.74) is 0.515. The third-order valence-electron chi connectivity index (χ3n) is 2.74. The van der Waals surface area contributed by atoms with Crippen molar-refractivity contribution in [3.63, 3.8) is 0 Å². The second-order valence-corrected chi connectivity index (χ2v) is 4.98. The molecule has 0 N–H and O–H groups in total. The lowest BCUT2D eigenvalue weighted by atomic mass is 10.2. The van der Waals surface area contributed by atoms with E-state index in [4.69, 9.17) is 9.47 Å². The Balaban J connectivity index is 2.14. The maximum Gasteiger partial charge on any atom is 0.273 e. The molecule has 0 saturated heterocycles. The summed E-state index contributed by atoms with van der Waals surface area (Å²) in [6, 6.07) is 8.66. The Morgan fingerprint density at radius 3 is 2.62 bits per heavy atom. The molecule has 0 aliphatic carbocycles. The SMILES string of the molecule is COc1ccc(COc2cc([N+](=O)[O-])ccc2Br)cc1F. The summed E-state index contributed by atoms with van der Waals surface area (Å²) in [4.78, 5) is 10.2. The van der Waals surface area contributed by atoms with E-state index in [2.05, 4.69) is 15.9 Å². The van der Waals surface area contributed by atoms with Gasteiger partial charge in [-0.15, -0.1) is 0 Å². The van der Waals surface area contributed by atoms with Crippen LogP contribution in [0.3, 0.4) is 0 Å². The minimum absolute atomic E-state index is 0.0749. The summed E-state index contributed by atoms with van der Waals surface area (Å²) in [7, 11) is 1.38. The van der Waals surface area contributed by atoms with E-state index >= 15 is 0 Å². The number of non-ortho nitro benzene ring substituents is 1. The van der Waals surface area contributed by atoms with Crippen LogP contribution in [0.2, 0.25) is 0 Å². The highest BCUT2D eigenvalue weighted by atomic mass is 79.9. The summed E-state index contributed by atoms with van der Waals surface area (Å²) in [5, 5.41) is 10.7. The van der Waals surface area contributed by atoms with Gasteiger partial charge in [-0.05, 0) is 39.7 Å². The summed E-state index contributed by atoms with van der Waals surface area (Å²) in [6.45, 7) is 0.0840. The van der Waals surface area contributed by atoms with Crippen LogP contribution < -0.4 is 9.47 Å². The van der Waals surface area contributed by atoms with E-state index in [1.807, 2.05) is 0 Å². The third-order valence-corrected chi connectivity index (χ3v) is 3.39. The second-order valence-electron chi connectivity index (χ2n) is 4.13. The minimum atomic E-state index is -0.508. The van der Waals surface area contributed by atoms with E-state index in [9.17, 15) is 14.5 Å². The van der Waals surface area contributed by atoms with Gasteiger partial charge in [0, 0.05) is 6.07 Å². The van der Waals surface area contributed by atoms with Gasteiger partial charge < -0.3 is 9.47 Å². The zero-order valence-corrected chi connectivity index (χ0v) is 12.6. The van der Waals surface area contributed by atoms with Crippen molar-refractivity contribution in [2.75, 3.05) is 7.11 Å². The van der Waals surface area contributed by atoms with Gasteiger partial charge in [-0.3, -0.25) is 10.1 Å². The topological polar surface area (TPSA) is 61.6 Å². The number of nitro benzene ring substituents is 1. The standard InChI is InChI=1S/C14H11BrFNO4/c1-20-13-5-2-9(6-12(13)16)8-21-14-7-10(17(18)19)3-4-11(14)15/h2-7H,8H2,1H3. The number of nitro groups is 1. The maximum atomic E-state index is 13.5. The first-order valence-electron chi connectivity index (χ1n) is 5.90. The number of ether oxygens (including phenoxy) is 2. The molecule has 2 aromatic rings. The number of nitrogens with zero attached hydrogens (tertiary/aromatic N) is 1. The van der Waals surface area contributed by atoms with Crippen LogP contribution >= 0.6 is 15.9 Å². The fraction of sp³-hybridized carbons (Fsp3) is 0.143. The third kappa shape index (κ3) is 3.69. The molecule has 0 amide bonds. The summed E-state index contributed by atoms with van der Waals surface area (Å²) in [5.74, 6) is -0.0209. The molecule has 0 aliphatic heterocycles. The molecule has 7 heteroatoms. The molecule has 0 bridgehead atoms. The molecule has 0 aliphatic rings. The first-order chi connectivity index (χ1) is 10.0. The molecule has 2 aromatic carbocycles. The van der Waals surface area contributed by atoms with Crippen molar-refractivity contribution >= 4 is 21.6 Å². The van der Waals surface area contributed by atoms with E-state index in [1.165, 1.54) is 37.4 Å². The maximum absolute atomic E-state index is 13.5. The first-order valence-corrected chi connectivity index (χ1v) is 6.69. The molecule has 0 unspecified atom stereocenters. The lowest BCUT2D eigenvalue weighted by Gasteiger charge is -2.09. The van der Waals surface area contributed by atoms with E-state index in [-0.39, 0.29) is 18.0 Å². The molecule has 0 aromatic heterocycles. The molecule has 0 atom stereocenters. The Labute approximate surface area is 128 Å². The predicted octanol–water partition coefficient (Wildman–Crippen LogP) is 4.08. The average Bonchev–Trinajstić information content (AvgIpc) is 2.46. The molecule has 0 radical (unpaired) electrons. The molecule has 2 rings (SSSR count). The zero-order chi connectivity index (χ0) is 15.4. The van der Waals surface area contributed by atoms with Gasteiger partial charge in [0.2, 0.25) is 0 Å². The number of hydrogen-bond acceptors (Lipinski definition) is 4. The molecule has 21 heavy (non-hydrogen) atoms. The van der Waals surface area contributed by atoms with Gasteiger partial charge >= 0.3 is 0 Å². The van der Waals surface area contributed by atoms with Gasteiger partial charge in [0.15, 0.2) is 11.6 Å². The van der Waals surface area contributed by atoms with Crippen LogP contribution in [0.4, 0.5) is 10.1 Å². The fourth-order valence-corrected chi connectivity index (χ4v) is 2.04. The Hall–Kier alpha value is -2.15. The highest BCUT2D eigenvalue weighted by Gasteiger charge is 2.11. The Morgan fingerprint density at radius 1 is 1.24 bits per heavy atom. The molecule has 0 fully saturated rings. The molecule has 5 nitrogen and oxygen atoms in total. The van der Waals surface area contributed by atoms with Crippen LogP contribution in [0, 0.1) is 15.9 Å². The van der Waals surface area contributed by atoms with Crippen molar-refractivity contribution < 1.29 is 18.8 Å². The van der Waals surface area contributed by atoms with E-state index in [0.717, 1.165) is 0 Å². The van der Waals surface area contributed by atoms with Crippen LogP contribution in [-0.2, 0) is 6.61 Å². The smallest absolute Gasteiger partial charge is 0.273 e. The Morgan fingerprint density at radius 2 is 2.00 bits per heavy atom. The highest BCUT2D eigenvalue weighted by Crippen LogP contribution is 2.30. The summed E-state index contributed by atoms with van der Waals surface area (Å²) >= 11 is 3.25. The molecule has 0 spiro atoms. The van der Waals surface area contributed by atoms with Gasteiger partial charge in [-0.1, -0.05) is 6.07 Å². The summed E-state index contributed by atoms with van der Waals surface area (Å²) < 4.78 is 24.4. The lowest BCUT2D eigenvalue weighted by molar-refractivity contribution is -0.385. The Bertz CT molecular complexity index is 678. The first kappa shape index (κ1) is 15.2. The van der Waals surface area contributed by atoms with Crippen LogP contribution in [-0.4, -0.2) is 12.0 Å². The van der Waals surface area contributed by atoms with Crippen molar-refractivity contribution in [3.8, 4) is 11.5 Å². The van der Waals surface area contributed by atoms with E-state index < -0.39 is 10.7 Å². The number of methoxy groups -OCH3 is 1. The average molecular weight is 356 g/mol. The van der Waals surface area contributed by atoms with E-state index in [0.29, 0.717) is 15.8 Å². The predicted molar refractivity (Wildman–Crippen MR) is 78.1 cm³/mol. The Kier molecular flexibility index (Phi) is 4.74. The van der Waals surface area contributed by atoms with Crippen molar-refractivity contribution in [2.24, 2.45) is 0 Å². The number of halogens is 2. The van der Waals surface area contributed by atoms with Crippen LogP contribution in [0.1, 0.15) is 5.56 Å². The number of rotatable bonds is 5. The van der Waals surface area contributed by atoms with Crippen LogP contribution in [0.15, 0.2) is 40.9 Å². The number of benzene rings is 2. The fourth-order valence-electron chi connectivity index (χ4n) is 1.68. The minimum Gasteiger partial charge on any atom is -0.494 e. The van der Waals surface area contributed by atoms with E-state index in [1.54, 1.807) is 6.07 Å². The molecule has 0 saturated carbocycles. The molecule has 110 valence electrons. The monoisotopic (exact) mass is 355 g/mol. The molecular weight excluding hydrogens is 345 g/mol. The normalized spacial score (nSPS) is 10.2. The molecule has 0 heterocycles. The summed E-state index contributed by atoms with van der Waals surface area (Å²) in [6.07, 6.45) is 0. The van der Waals surface area contributed by atoms with Gasteiger partial charge in [0.05, 0.1) is 22.6 Å². The van der Waals surface area contributed by atoms with Gasteiger partial charge in [-0.2, -0.15) is 0 Å². The molecular formula is C14H11BrFNO4. The highest BCUT2D eigenvalue weighted by molar-refractivity contribution is 9.10. The largest absolute Gasteiger partial charge is 0.494 e. The van der Waals surface area contributed by atoms with Crippen LogP contribution in [0.25, 0.3) is 0 Å².